The van der Waals surface area contributed by atoms with E-state index in [1.54, 1.807) is 13.1 Å². The van der Waals surface area contributed by atoms with Crippen LogP contribution < -0.4 is 10.6 Å². The summed E-state index contributed by atoms with van der Waals surface area (Å²) >= 11 is 0. The molecule has 1 saturated carbocycles. The largest absolute Gasteiger partial charge is 0.416 e. The maximum absolute atomic E-state index is 12.8. The first-order chi connectivity index (χ1) is 11.9. The van der Waals surface area contributed by atoms with Gasteiger partial charge in [0.05, 0.1) is 5.56 Å². The van der Waals surface area contributed by atoms with Crippen molar-refractivity contribution in [3.05, 3.63) is 35.4 Å². The van der Waals surface area contributed by atoms with Gasteiger partial charge in [-0.1, -0.05) is 12.1 Å². The van der Waals surface area contributed by atoms with Crippen LogP contribution in [0.1, 0.15) is 37.3 Å². The number of rotatable bonds is 8. The molecule has 0 bridgehead atoms. The van der Waals surface area contributed by atoms with Crippen LogP contribution in [0.4, 0.5) is 13.2 Å². The SMILES string of the molecule is CCOCCC1(CNC(=NC)NCc2cccc(C(F)(F)F)c2)CC1. The Labute approximate surface area is 146 Å². The standard InChI is InChI=1S/C18H26F3N3O/c1-3-25-10-9-17(7-8-17)13-24-16(22-2)23-12-14-5-4-6-15(11-14)18(19,20)21/h4-6,11H,3,7-10,12-13H2,1-2H3,(H2,22,23,24). The van der Waals surface area contributed by atoms with Gasteiger partial charge in [-0.05, 0) is 49.3 Å². The van der Waals surface area contributed by atoms with E-state index in [4.69, 9.17) is 4.74 Å². The van der Waals surface area contributed by atoms with Gasteiger partial charge in [0.15, 0.2) is 5.96 Å². The first-order valence-electron chi connectivity index (χ1n) is 8.57. The predicted molar refractivity (Wildman–Crippen MR) is 92.4 cm³/mol. The predicted octanol–water partition coefficient (Wildman–Crippen LogP) is 3.58. The second-order valence-electron chi connectivity index (χ2n) is 6.42. The lowest BCUT2D eigenvalue weighted by molar-refractivity contribution is -0.137. The third kappa shape index (κ3) is 6.23. The number of aliphatic imine (C=N–C) groups is 1. The van der Waals surface area contributed by atoms with Crippen LogP contribution in [-0.4, -0.2) is 32.8 Å². The van der Waals surface area contributed by atoms with Gasteiger partial charge in [0.2, 0.25) is 0 Å². The van der Waals surface area contributed by atoms with Crippen LogP contribution >= 0.6 is 0 Å². The minimum Gasteiger partial charge on any atom is -0.382 e. The Balaban J connectivity index is 1.81. The van der Waals surface area contributed by atoms with Gasteiger partial charge in [-0.25, -0.2) is 0 Å². The zero-order valence-corrected chi connectivity index (χ0v) is 14.7. The number of nitrogens with zero attached hydrogens (tertiary/aromatic N) is 1. The highest BCUT2D eigenvalue weighted by molar-refractivity contribution is 5.79. The Morgan fingerprint density at radius 1 is 1.28 bits per heavy atom. The van der Waals surface area contributed by atoms with Crippen molar-refractivity contribution >= 4 is 5.96 Å². The summed E-state index contributed by atoms with van der Waals surface area (Å²) in [6, 6.07) is 5.32. The van der Waals surface area contributed by atoms with Gasteiger partial charge in [-0.15, -0.1) is 0 Å². The van der Waals surface area contributed by atoms with Crippen molar-refractivity contribution in [3.8, 4) is 0 Å². The van der Waals surface area contributed by atoms with Crippen LogP contribution in [0.3, 0.4) is 0 Å². The highest BCUT2D eigenvalue weighted by Crippen LogP contribution is 2.48. The van der Waals surface area contributed by atoms with Crippen molar-refractivity contribution < 1.29 is 17.9 Å². The molecule has 1 aliphatic rings. The number of ether oxygens (including phenoxy) is 1. The van der Waals surface area contributed by atoms with E-state index < -0.39 is 11.7 Å². The van der Waals surface area contributed by atoms with Gasteiger partial charge >= 0.3 is 6.18 Å². The van der Waals surface area contributed by atoms with Crippen LogP contribution in [0.5, 0.6) is 0 Å². The summed E-state index contributed by atoms with van der Waals surface area (Å²) in [5.74, 6) is 0.597. The number of hydrogen-bond acceptors (Lipinski definition) is 2. The number of alkyl halides is 3. The molecule has 0 atom stereocenters. The van der Waals surface area contributed by atoms with E-state index in [2.05, 4.69) is 15.6 Å². The Bertz CT molecular complexity index is 583. The van der Waals surface area contributed by atoms with Gasteiger partial charge < -0.3 is 15.4 Å². The average molecular weight is 357 g/mol. The minimum absolute atomic E-state index is 0.267. The molecule has 1 aliphatic carbocycles. The second kappa shape index (κ2) is 8.56. The summed E-state index contributed by atoms with van der Waals surface area (Å²) in [6.45, 7) is 4.55. The third-order valence-corrected chi connectivity index (χ3v) is 4.51. The minimum atomic E-state index is -4.32. The smallest absolute Gasteiger partial charge is 0.382 e. The molecule has 0 unspecified atom stereocenters. The molecule has 1 fully saturated rings. The zero-order chi connectivity index (χ0) is 18.3. The Morgan fingerprint density at radius 3 is 2.64 bits per heavy atom. The molecule has 140 valence electrons. The van der Waals surface area contributed by atoms with Gasteiger partial charge in [0.1, 0.15) is 0 Å². The fraction of sp³-hybridized carbons (Fsp3) is 0.611. The summed E-state index contributed by atoms with van der Waals surface area (Å²) in [7, 11) is 1.65. The molecule has 4 nitrogen and oxygen atoms in total. The van der Waals surface area contributed by atoms with Gasteiger partial charge in [-0.2, -0.15) is 13.2 Å². The lowest BCUT2D eigenvalue weighted by Crippen LogP contribution is -2.40. The van der Waals surface area contributed by atoms with Crippen molar-refractivity contribution in [1.82, 2.24) is 10.6 Å². The topological polar surface area (TPSA) is 45.6 Å². The molecule has 25 heavy (non-hydrogen) atoms. The van der Waals surface area contributed by atoms with Crippen LogP contribution in [0.2, 0.25) is 0 Å². The van der Waals surface area contributed by atoms with Crippen molar-refractivity contribution in [2.45, 2.75) is 38.9 Å². The fourth-order valence-electron chi connectivity index (χ4n) is 2.66. The van der Waals surface area contributed by atoms with E-state index in [1.165, 1.54) is 6.07 Å². The highest BCUT2D eigenvalue weighted by atomic mass is 19.4. The number of hydrogen-bond donors (Lipinski definition) is 2. The molecule has 2 N–H and O–H groups in total. The second-order valence-corrected chi connectivity index (χ2v) is 6.42. The Hall–Kier alpha value is -1.76. The van der Waals surface area contributed by atoms with Gasteiger partial charge in [0.25, 0.3) is 0 Å². The van der Waals surface area contributed by atoms with E-state index in [9.17, 15) is 13.2 Å². The van der Waals surface area contributed by atoms with E-state index in [-0.39, 0.29) is 12.0 Å². The summed E-state index contributed by atoms with van der Waals surface area (Å²) in [5.41, 5.74) is 0.195. The molecule has 0 aromatic heterocycles. The zero-order valence-electron chi connectivity index (χ0n) is 14.7. The van der Waals surface area contributed by atoms with E-state index in [1.807, 2.05) is 6.92 Å². The summed E-state index contributed by atoms with van der Waals surface area (Å²) in [4.78, 5) is 4.14. The molecule has 1 aromatic carbocycles. The van der Waals surface area contributed by atoms with Crippen LogP contribution in [-0.2, 0) is 17.5 Å². The molecule has 0 saturated heterocycles. The molecule has 0 heterocycles. The molecule has 1 aromatic rings. The van der Waals surface area contributed by atoms with Crippen molar-refractivity contribution in [3.63, 3.8) is 0 Å². The highest BCUT2D eigenvalue weighted by Gasteiger charge is 2.41. The maximum Gasteiger partial charge on any atom is 0.416 e. The first-order valence-corrected chi connectivity index (χ1v) is 8.57. The van der Waals surface area contributed by atoms with Crippen molar-refractivity contribution in [2.75, 3.05) is 26.8 Å². The normalized spacial score (nSPS) is 16.6. The molecular formula is C18H26F3N3O. The summed E-state index contributed by atoms with van der Waals surface area (Å²) in [6.07, 6.45) is -0.983. The number of halogens is 3. The number of benzene rings is 1. The molecular weight excluding hydrogens is 331 g/mol. The number of guanidine groups is 1. The molecule has 7 heteroatoms. The fourth-order valence-corrected chi connectivity index (χ4v) is 2.66. The quantitative estimate of drug-likeness (QED) is 0.425. The van der Waals surface area contributed by atoms with Crippen molar-refractivity contribution in [1.29, 1.82) is 0 Å². The monoisotopic (exact) mass is 357 g/mol. The summed E-state index contributed by atoms with van der Waals surface area (Å²) < 4.78 is 43.7. The van der Waals surface area contributed by atoms with E-state index in [0.29, 0.717) is 11.5 Å². The first kappa shape index (κ1) is 19.6. The molecule has 0 amide bonds. The average Bonchev–Trinajstić information content (AvgIpc) is 3.35. The van der Waals surface area contributed by atoms with E-state index >= 15 is 0 Å². The Morgan fingerprint density at radius 2 is 2.04 bits per heavy atom. The van der Waals surface area contributed by atoms with Crippen LogP contribution in [0.15, 0.2) is 29.3 Å². The van der Waals surface area contributed by atoms with Gasteiger partial charge in [0, 0.05) is 33.4 Å². The Kier molecular flexibility index (Phi) is 6.70. The summed E-state index contributed by atoms with van der Waals surface area (Å²) in [5, 5.41) is 6.35. The molecule has 0 aliphatic heterocycles. The maximum atomic E-state index is 12.8. The lowest BCUT2D eigenvalue weighted by Gasteiger charge is -2.18. The molecule has 0 radical (unpaired) electrons. The van der Waals surface area contributed by atoms with E-state index in [0.717, 1.165) is 51.2 Å². The third-order valence-electron chi connectivity index (χ3n) is 4.51. The van der Waals surface area contributed by atoms with Crippen molar-refractivity contribution in [2.24, 2.45) is 10.4 Å². The van der Waals surface area contributed by atoms with Crippen LogP contribution in [0.25, 0.3) is 0 Å². The molecule has 2 rings (SSSR count). The van der Waals surface area contributed by atoms with Crippen LogP contribution in [0, 0.1) is 5.41 Å². The number of nitrogens with one attached hydrogen (secondary N) is 2. The molecule has 0 spiro atoms. The lowest BCUT2D eigenvalue weighted by atomic mass is 10.0. The van der Waals surface area contributed by atoms with Gasteiger partial charge in [-0.3, -0.25) is 4.99 Å².